The molecule has 1 N–H and O–H groups in total. The third-order valence-corrected chi connectivity index (χ3v) is 2.45. The van der Waals surface area contributed by atoms with Crippen molar-refractivity contribution >= 4 is 23.1 Å². The minimum Gasteiger partial charge on any atom is -0.354 e. The van der Waals surface area contributed by atoms with E-state index in [1.54, 1.807) is 24.3 Å². The highest BCUT2D eigenvalue weighted by molar-refractivity contribution is 5.93. The molecule has 2 heteroatoms. The van der Waals surface area contributed by atoms with Crippen LogP contribution >= 0.6 is 0 Å². The lowest BCUT2D eigenvalue weighted by Gasteiger charge is -1.94. The van der Waals surface area contributed by atoms with Crippen LogP contribution in [0.15, 0.2) is 43.5 Å². The molecule has 2 rings (SSSR count). The number of aromatic amines is 1. The standard InChI is InChI=1S/C14H12FN/c1-3-5-7-10-12(4-2)16-13-9-6-8-11(15)14(10)13/h3-9,16H,1-2H2/b7-5-. The van der Waals surface area contributed by atoms with E-state index in [0.717, 1.165) is 16.8 Å². The van der Waals surface area contributed by atoms with E-state index >= 15 is 0 Å². The Hall–Kier alpha value is -2.09. The highest BCUT2D eigenvalue weighted by atomic mass is 19.1. The van der Waals surface area contributed by atoms with Crippen molar-refractivity contribution in [1.29, 1.82) is 0 Å². The minimum atomic E-state index is -0.231. The van der Waals surface area contributed by atoms with E-state index in [9.17, 15) is 4.39 Å². The van der Waals surface area contributed by atoms with E-state index in [1.807, 2.05) is 12.1 Å². The van der Waals surface area contributed by atoms with Gasteiger partial charge in [0.05, 0.1) is 0 Å². The first-order chi connectivity index (χ1) is 7.77. The van der Waals surface area contributed by atoms with Crippen LogP contribution in [-0.2, 0) is 0 Å². The Bertz CT molecular complexity index is 576. The number of aromatic nitrogens is 1. The average molecular weight is 213 g/mol. The molecule has 0 fully saturated rings. The topological polar surface area (TPSA) is 15.8 Å². The SMILES string of the molecule is C=C/C=C\c1c(C=C)[nH]c2cccc(F)c12. The number of fused-ring (bicyclic) bond motifs is 1. The van der Waals surface area contributed by atoms with E-state index in [2.05, 4.69) is 18.1 Å². The highest BCUT2D eigenvalue weighted by Gasteiger charge is 2.10. The number of allylic oxidation sites excluding steroid dienone is 2. The third-order valence-electron chi connectivity index (χ3n) is 2.45. The largest absolute Gasteiger partial charge is 0.354 e. The molecule has 0 aliphatic heterocycles. The number of rotatable bonds is 3. The second-order valence-corrected chi connectivity index (χ2v) is 3.41. The molecule has 0 spiro atoms. The first-order valence-electron chi connectivity index (χ1n) is 4.99. The van der Waals surface area contributed by atoms with Crippen LogP contribution in [0.1, 0.15) is 11.3 Å². The van der Waals surface area contributed by atoms with Gasteiger partial charge in [-0.2, -0.15) is 0 Å². The highest BCUT2D eigenvalue weighted by Crippen LogP contribution is 2.27. The summed E-state index contributed by atoms with van der Waals surface area (Å²) in [6, 6.07) is 4.98. The van der Waals surface area contributed by atoms with Crippen molar-refractivity contribution in [3.05, 3.63) is 60.6 Å². The third kappa shape index (κ3) is 1.58. The summed E-state index contributed by atoms with van der Waals surface area (Å²) >= 11 is 0. The van der Waals surface area contributed by atoms with Crippen molar-refractivity contribution in [2.45, 2.75) is 0 Å². The average Bonchev–Trinajstić information content (AvgIpc) is 2.65. The summed E-state index contributed by atoms with van der Waals surface area (Å²) in [7, 11) is 0. The molecule has 0 saturated heterocycles. The van der Waals surface area contributed by atoms with E-state index in [1.165, 1.54) is 6.07 Å². The first-order valence-corrected chi connectivity index (χ1v) is 4.99. The zero-order chi connectivity index (χ0) is 11.5. The Balaban J connectivity index is 2.80. The van der Waals surface area contributed by atoms with Gasteiger partial charge in [0.1, 0.15) is 5.82 Å². The molecule has 0 radical (unpaired) electrons. The lowest BCUT2D eigenvalue weighted by molar-refractivity contribution is 0.640. The van der Waals surface area contributed by atoms with Gasteiger partial charge < -0.3 is 4.98 Å². The predicted octanol–water partition coefficient (Wildman–Crippen LogP) is 4.15. The molecule has 0 amide bonds. The van der Waals surface area contributed by atoms with Crippen LogP contribution in [0.5, 0.6) is 0 Å². The molecule has 1 heterocycles. The normalized spacial score (nSPS) is 11.1. The van der Waals surface area contributed by atoms with E-state index < -0.39 is 0 Å². The molecule has 2 aromatic rings. The van der Waals surface area contributed by atoms with Crippen molar-refractivity contribution in [1.82, 2.24) is 4.98 Å². The lowest BCUT2D eigenvalue weighted by atomic mass is 10.1. The Kier molecular flexibility index (Phi) is 2.73. The molecule has 0 saturated carbocycles. The summed E-state index contributed by atoms with van der Waals surface area (Å²) in [4.78, 5) is 3.12. The second-order valence-electron chi connectivity index (χ2n) is 3.41. The monoisotopic (exact) mass is 213 g/mol. The van der Waals surface area contributed by atoms with Crippen molar-refractivity contribution in [3.8, 4) is 0 Å². The van der Waals surface area contributed by atoms with Gasteiger partial charge in [0.2, 0.25) is 0 Å². The fraction of sp³-hybridized carbons (Fsp3) is 0. The molecule has 0 aliphatic carbocycles. The molecule has 1 aromatic heterocycles. The zero-order valence-corrected chi connectivity index (χ0v) is 8.83. The number of nitrogens with one attached hydrogen (secondary N) is 1. The summed E-state index contributed by atoms with van der Waals surface area (Å²) < 4.78 is 13.7. The van der Waals surface area contributed by atoms with Gasteiger partial charge in [-0.1, -0.05) is 37.5 Å². The van der Waals surface area contributed by atoms with Gasteiger partial charge in [0.25, 0.3) is 0 Å². The summed E-state index contributed by atoms with van der Waals surface area (Å²) in [5, 5.41) is 0.593. The molecule has 0 unspecified atom stereocenters. The van der Waals surface area contributed by atoms with Crippen LogP contribution in [0.3, 0.4) is 0 Å². The van der Waals surface area contributed by atoms with Crippen molar-refractivity contribution in [3.63, 3.8) is 0 Å². The Labute approximate surface area is 93.6 Å². The molecule has 0 bridgehead atoms. The van der Waals surface area contributed by atoms with Gasteiger partial charge in [-0.3, -0.25) is 0 Å². The van der Waals surface area contributed by atoms with Gasteiger partial charge in [-0.25, -0.2) is 4.39 Å². The van der Waals surface area contributed by atoms with Crippen LogP contribution in [-0.4, -0.2) is 4.98 Å². The van der Waals surface area contributed by atoms with Gasteiger partial charge in [-0.15, -0.1) is 0 Å². The molecular weight excluding hydrogens is 201 g/mol. The fourth-order valence-electron chi connectivity index (χ4n) is 1.75. The van der Waals surface area contributed by atoms with Crippen LogP contribution < -0.4 is 0 Å². The first kappa shape index (κ1) is 10.4. The second kappa shape index (κ2) is 4.19. The maximum Gasteiger partial charge on any atom is 0.133 e. The van der Waals surface area contributed by atoms with E-state index in [-0.39, 0.29) is 5.82 Å². The van der Waals surface area contributed by atoms with Crippen LogP contribution in [0.2, 0.25) is 0 Å². The van der Waals surface area contributed by atoms with Crippen LogP contribution in [0.4, 0.5) is 4.39 Å². The smallest absolute Gasteiger partial charge is 0.133 e. The number of hydrogen-bond acceptors (Lipinski definition) is 0. The van der Waals surface area contributed by atoms with Crippen molar-refractivity contribution in [2.75, 3.05) is 0 Å². The molecule has 80 valence electrons. The summed E-state index contributed by atoms with van der Waals surface area (Å²) in [5.41, 5.74) is 2.40. The summed E-state index contributed by atoms with van der Waals surface area (Å²) in [6.07, 6.45) is 6.95. The van der Waals surface area contributed by atoms with E-state index in [0.29, 0.717) is 5.39 Å². The number of hydrogen-bond donors (Lipinski definition) is 1. The van der Waals surface area contributed by atoms with Gasteiger partial charge in [0.15, 0.2) is 0 Å². The summed E-state index contributed by atoms with van der Waals surface area (Å²) in [5.74, 6) is -0.231. The van der Waals surface area contributed by atoms with Crippen LogP contribution in [0.25, 0.3) is 23.1 Å². The van der Waals surface area contributed by atoms with E-state index in [4.69, 9.17) is 0 Å². The molecule has 16 heavy (non-hydrogen) atoms. The number of benzene rings is 1. The Morgan fingerprint density at radius 2 is 2.06 bits per heavy atom. The molecule has 0 aliphatic rings. The lowest BCUT2D eigenvalue weighted by Crippen LogP contribution is -1.78. The van der Waals surface area contributed by atoms with Gasteiger partial charge >= 0.3 is 0 Å². The molecular formula is C14H12FN. The van der Waals surface area contributed by atoms with Crippen LogP contribution in [0, 0.1) is 5.82 Å². The molecule has 1 aromatic carbocycles. The minimum absolute atomic E-state index is 0.231. The van der Waals surface area contributed by atoms with Gasteiger partial charge in [-0.05, 0) is 18.2 Å². The predicted molar refractivity (Wildman–Crippen MR) is 67.6 cm³/mol. The molecule has 1 nitrogen and oxygen atoms in total. The Morgan fingerprint density at radius 1 is 1.25 bits per heavy atom. The quantitative estimate of drug-likeness (QED) is 0.737. The maximum atomic E-state index is 13.7. The zero-order valence-electron chi connectivity index (χ0n) is 8.83. The molecule has 0 atom stereocenters. The maximum absolute atomic E-state index is 13.7. The van der Waals surface area contributed by atoms with Gasteiger partial charge in [0, 0.05) is 22.2 Å². The fourth-order valence-corrected chi connectivity index (χ4v) is 1.75. The van der Waals surface area contributed by atoms with Crippen molar-refractivity contribution < 1.29 is 4.39 Å². The Morgan fingerprint density at radius 3 is 2.75 bits per heavy atom. The number of halogens is 1. The van der Waals surface area contributed by atoms with Crippen molar-refractivity contribution in [2.24, 2.45) is 0 Å². The summed E-state index contributed by atoms with van der Waals surface area (Å²) in [6.45, 7) is 7.31. The number of H-pyrrole nitrogens is 1.